The molecule has 1 fully saturated rings. The molecular formula is C15H23NO2. The van der Waals surface area contributed by atoms with E-state index < -0.39 is 0 Å². The Morgan fingerprint density at radius 3 is 2.94 bits per heavy atom. The van der Waals surface area contributed by atoms with Crippen molar-refractivity contribution in [2.75, 3.05) is 13.2 Å². The van der Waals surface area contributed by atoms with Crippen molar-refractivity contribution in [3.05, 3.63) is 29.3 Å². The van der Waals surface area contributed by atoms with E-state index in [0.717, 1.165) is 25.3 Å². The Balaban J connectivity index is 2.07. The number of aryl methyl sites for hydroxylation is 1. The summed E-state index contributed by atoms with van der Waals surface area (Å²) < 4.78 is 11.4. The highest BCUT2D eigenvalue weighted by Gasteiger charge is 2.18. The Bertz CT molecular complexity index is 384. The maximum Gasteiger partial charge on any atom is 0.124 e. The van der Waals surface area contributed by atoms with Crippen molar-refractivity contribution in [1.82, 2.24) is 5.32 Å². The van der Waals surface area contributed by atoms with Gasteiger partial charge in [-0.15, -0.1) is 0 Å². The summed E-state index contributed by atoms with van der Waals surface area (Å²) in [7, 11) is 0. The van der Waals surface area contributed by atoms with Crippen LogP contribution in [0.25, 0.3) is 0 Å². The minimum atomic E-state index is 0.213. The number of hydrogen-bond acceptors (Lipinski definition) is 3. The minimum Gasteiger partial charge on any atom is -0.488 e. The third kappa shape index (κ3) is 3.72. The van der Waals surface area contributed by atoms with Gasteiger partial charge in [-0.2, -0.15) is 0 Å². The van der Waals surface area contributed by atoms with Crippen LogP contribution in [0.15, 0.2) is 18.2 Å². The summed E-state index contributed by atoms with van der Waals surface area (Å²) in [6.45, 7) is 8.78. The van der Waals surface area contributed by atoms with Crippen molar-refractivity contribution in [3.8, 4) is 5.75 Å². The van der Waals surface area contributed by atoms with Gasteiger partial charge in [0.2, 0.25) is 0 Å². The van der Waals surface area contributed by atoms with Gasteiger partial charge in [0, 0.05) is 24.6 Å². The lowest BCUT2D eigenvalue weighted by atomic mass is 10.1. The topological polar surface area (TPSA) is 30.5 Å². The highest BCUT2D eigenvalue weighted by molar-refractivity contribution is 5.37. The van der Waals surface area contributed by atoms with E-state index in [9.17, 15) is 0 Å². The molecule has 0 bridgehead atoms. The zero-order valence-corrected chi connectivity index (χ0v) is 11.5. The van der Waals surface area contributed by atoms with Crippen LogP contribution in [0, 0.1) is 6.92 Å². The van der Waals surface area contributed by atoms with Crippen LogP contribution >= 0.6 is 0 Å². The molecule has 1 aliphatic heterocycles. The van der Waals surface area contributed by atoms with Gasteiger partial charge in [-0.25, -0.2) is 0 Å². The van der Waals surface area contributed by atoms with E-state index in [1.54, 1.807) is 0 Å². The molecule has 1 saturated heterocycles. The molecule has 0 radical (unpaired) electrons. The summed E-state index contributed by atoms with van der Waals surface area (Å²) >= 11 is 0. The molecule has 0 aliphatic carbocycles. The predicted molar refractivity (Wildman–Crippen MR) is 73.0 cm³/mol. The van der Waals surface area contributed by atoms with Crippen molar-refractivity contribution in [2.24, 2.45) is 0 Å². The first-order chi connectivity index (χ1) is 8.65. The molecule has 1 unspecified atom stereocenters. The summed E-state index contributed by atoms with van der Waals surface area (Å²) in [5, 5.41) is 3.44. The molecule has 0 saturated carbocycles. The van der Waals surface area contributed by atoms with Crippen molar-refractivity contribution >= 4 is 0 Å². The first-order valence-corrected chi connectivity index (χ1v) is 6.72. The maximum absolute atomic E-state index is 6.05. The van der Waals surface area contributed by atoms with Crippen LogP contribution in [-0.2, 0) is 11.3 Å². The fraction of sp³-hybridized carbons (Fsp3) is 0.600. The smallest absolute Gasteiger partial charge is 0.124 e. The molecule has 3 nitrogen and oxygen atoms in total. The molecule has 2 rings (SSSR count). The fourth-order valence-corrected chi connectivity index (χ4v) is 2.02. The van der Waals surface area contributed by atoms with E-state index in [0.29, 0.717) is 12.6 Å². The van der Waals surface area contributed by atoms with Gasteiger partial charge >= 0.3 is 0 Å². The van der Waals surface area contributed by atoms with Crippen LogP contribution in [0.5, 0.6) is 5.75 Å². The molecule has 1 aromatic rings. The summed E-state index contributed by atoms with van der Waals surface area (Å²) in [5.74, 6) is 0.999. The molecule has 100 valence electrons. The van der Waals surface area contributed by atoms with Gasteiger partial charge in [0.1, 0.15) is 11.9 Å². The zero-order chi connectivity index (χ0) is 13.0. The fourth-order valence-electron chi connectivity index (χ4n) is 2.02. The van der Waals surface area contributed by atoms with Crippen LogP contribution in [-0.4, -0.2) is 25.4 Å². The molecule has 0 aromatic heterocycles. The molecule has 1 aliphatic rings. The molecule has 1 atom stereocenters. The van der Waals surface area contributed by atoms with E-state index in [1.807, 2.05) is 0 Å². The lowest BCUT2D eigenvalue weighted by Gasteiger charge is -2.17. The SMILES string of the molecule is Cc1ccc(CNC(C)C)c(OC2CCOC2)c1. The number of benzene rings is 1. The van der Waals surface area contributed by atoms with Crippen molar-refractivity contribution in [3.63, 3.8) is 0 Å². The molecule has 3 heteroatoms. The molecule has 0 amide bonds. The minimum absolute atomic E-state index is 0.213. The lowest BCUT2D eigenvalue weighted by molar-refractivity contribution is 0.140. The third-order valence-corrected chi connectivity index (χ3v) is 3.10. The number of nitrogens with one attached hydrogen (secondary N) is 1. The highest BCUT2D eigenvalue weighted by atomic mass is 16.5. The maximum atomic E-state index is 6.05. The average molecular weight is 249 g/mol. The summed E-state index contributed by atoms with van der Waals surface area (Å²) in [6, 6.07) is 6.88. The normalized spacial score (nSPS) is 19.4. The van der Waals surface area contributed by atoms with Crippen molar-refractivity contribution in [1.29, 1.82) is 0 Å². The Morgan fingerprint density at radius 2 is 2.28 bits per heavy atom. The van der Waals surface area contributed by atoms with Crippen LogP contribution in [0.1, 0.15) is 31.4 Å². The Kier molecular flexibility index (Phi) is 4.61. The largest absolute Gasteiger partial charge is 0.488 e. The first kappa shape index (κ1) is 13.4. The van der Waals surface area contributed by atoms with Gasteiger partial charge in [0.25, 0.3) is 0 Å². The average Bonchev–Trinajstić information content (AvgIpc) is 2.80. The zero-order valence-electron chi connectivity index (χ0n) is 11.5. The second kappa shape index (κ2) is 6.21. The van der Waals surface area contributed by atoms with E-state index in [2.05, 4.69) is 44.3 Å². The summed E-state index contributed by atoms with van der Waals surface area (Å²) in [5.41, 5.74) is 2.46. The van der Waals surface area contributed by atoms with Gasteiger partial charge in [0.15, 0.2) is 0 Å². The van der Waals surface area contributed by atoms with Crippen LogP contribution in [0.4, 0.5) is 0 Å². The summed E-state index contributed by atoms with van der Waals surface area (Å²) in [4.78, 5) is 0. The quantitative estimate of drug-likeness (QED) is 0.870. The van der Waals surface area contributed by atoms with Crippen LogP contribution < -0.4 is 10.1 Å². The first-order valence-electron chi connectivity index (χ1n) is 6.72. The van der Waals surface area contributed by atoms with Crippen LogP contribution in [0.2, 0.25) is 0 Å². The highest BCUT2D eigenvalue weighted by Crippen LogP contribution is 2.23. The Morgan fingerprint density at radius 1 is 1.44 bits per heavy atom. The Labute approximate surface area is 109 Å². The van der Waals surface area contributed by atoms with Gasteiger partial charge in [-0.1, -0.05) is 26.0 Å². The lowest BCUT2D eigenvalue weighted by Crippen LogP contribution is -2.23. The third-order valence-electron chi connectivity index (χ3n) is 3.10. The van der Waals surface area contributed by atoms with Gasteiger partial charge < -0.3 is 14.8 Å². The van der Waals surface area contributed by atoms with Gasteiger partial charge in [-0.05, 0) is 18.6 Å². The monoisotopic (exact) mass is 249 g/mol. The van der Waals surface area contributed by atoms with Crippen LogP contribution in [0.3, 0.4) is 0 Å². The number of hydrogen-bond donors (Lipinski definition) is 1. The molecule has 1 N–H and O–H groups in total. The van der Waals surface area contributed by atoms with E-state index in [-0.39, 0.29) is 6.10 Å². The molecule has 18 heavy (non-hydrogen) atoms. The Hall–Kier alpha value is -1.06. The summed E-state index contributed by atoms with van der Waals surface area (Å²) in [6.07, 6.45) is 1.20. The predicted octanol–water partition coefficient (Wildman–Crippen LogP) is 2.66. The second-order valence-electron chi connectivity index (χ2n) is 5.25. The number of ether oxygens (including phenoxy) is 2. The van der Waals surface area contributed by atoms with Gasteiger partial charge in [0.05, 0.1) is 13.2 Å². The van der Waals surface area contributed by atoms with Gasteiger partial charge in [-0.3, -0.25) is 0 Å². The molecule has 1 heterocycles. The molecule has 0 spiro atoms. The number of rotatable bonds is 5. The van der Waals surface area contributed by atoms with E-state index in [4.69, 9.17) is 9.47 Å². The van der Waals surface area contributed by atoms with E-state index >= 15 is 0 Å². The van der Waals surface area contributed by atoms with E-state index in [1.165, 1.54) is 11.1 Å². The van der Waals surface area contributed by atoms with Crippen molar-refractivity contribution < 1.29 is 9.47 Å². The standard InChI is InChI=1S/C15H23NO2/c1-11(2)16-9-13-5-4-12(3)8-15(13)18-14-6-7-17-10-14/h4-5,8,11,14,16H,6-7,9-10H2,1-3H3. The molecular weight excluding hydrogens is 226 g/mol. The van der Waals surface area contributed by atoms with Crippen molar-refractivity contribution in [2.45, 2.75) is 45.9 Å². The molecule has 1 aromatic carbocycles. The second-order valence-corrected chi connectivity index (χ2v) is 5.25.